The average molecular weight is 503 g/mol. The maximum atomic E-state index is 11.7. The summed E-state index contributed by atoms with van der Waals surface area (Å²) in [7, 11) is 0. The van der Waals surface area contributed by atoms with E-state index in [9.17, 15) is 4.79 Å². The molecular weight excluding hydrogens is 495 g/mol. The highest BCUT2D eigenvalue weighted by Crippen LogP contribution is 2.37. The van der Waals surface area contributed by atoms with Crippen molar-refractivity contribution in [1.29, 1.82) is 0 Å². The molecule has 106 valence electrons. The molecule has 1 amide bonds. The van der Waals surface area contributed by atoms with Crippen molar-refractivity contribution in [2.45, 2.75) is 6.04 Å². The number of carbonyl (C=O) groups excluding carboxylic acids is 1. The van der Waals surface area contributed by atoms with Crippen LogP contribution in [0.4, 0.5) is 5.69 Å². The van der Waals surface area contributed by atoms with Gasteiger partial charge in [-0.3, -0.25) is 4.79 Å². The average Bonchev–Trinajstić information content (AvgIpc) is 2.70. The Hall–Kier alpha value is -0.0800. The summed E-state index contributed by atoms with van der Waals surface area (Å²) in [5, 5.41) is 3.71. The van der Waals surface area contributed by atoms with Gasteiger partial charge < -0.3 is 11.1 Å². The minimum Gasteiger partial charge on any atom is -0.369 e. The number of nitrogens with two attached hydrogens (primary N) is 1. The summed E-state index contributed by atoms with van der Waals surface area (Å²) in [5.74, 6) is -0.447. The zero-order valence-corrected chi connectivity index (χ0v) is 16.1. The molecule has 0 spiro atoms. The number of carbonyl (C=O) groups is 1. The Kier molecular flexibility index (Phi) is 5.53. The van der Waals surface area contributed by atoms with Gasteiger partial charge in [0.05, 0.1) is 8.81 Å². The van der Waals surface area contributed by atoms with Crippen molar-refractivity contribution < 1.29 is 4.79 Å². The van der Waals surface area contributed by atoms with Crippen LogP contribution >= 0.6 is 70.7 Å². The van der Waals surface area contributed by atoms with Gasteiger partial charge in [-0.25, -0.2) is 0 Å². The van der Waals surface area contributed by atoms with E-state index in [1.54, 1.807) is 18.2 Å². The van der Waals surface area contributed by atoms with Crippen LogP contribution in [0.15, 0.2) is 37.0 Å². The molecule has 0 saturated heterocycles. The molecule has 0 aliphatic carbocycles. The molecule has 1 heterocycles. The number of halogens is 4. The highest BCUT2D eigenvalue weighted by atomic mass is 79.9. The predicted octanol–water partition coefficient (Wildman–Crippen LogP) is 5.33. The Bertz CT molecular complexity index is 643. The third-order valence-corrected chi connectivity index (χ3v) is 7.00. The summed E-state index contributed by atoms with van der Waals surface area (Å²) in [4.78, 5) is 12.5. The van der Waals surface area contributed by atoms with Gasteiger partial charge in [0.25, 0.3) is 0 Å². The normalized spacial score (nSPS) is 12.2. The van der Waals surface area contributed by atoms with Gasteiger partial charge in [0.1, 0.15) is 6.04 Å². The summed E-state index contributed by atoms with van der Waals surface area (Å²) in [6.07, 6.45) is 0. The second kappa shape index (κ2) is 6.79. The number of benzene rings is 1. The van der Waals surface area contributed by atoms with E-state index in [2.05, 4.69) is 53.1 Å². The first kappa shape index (κ1) is 16.3. The van der Waals surface area contributed by atoms with E-state index < -0.39 is 11.9 Å². The van der Waals surface area contributed by atoms with E-state index in [0.717, 1.165) is 23.3 Å². The molecule has 2 rings (SSSR count). The Morgan fingerprint density at radius 2 is 1.95 bits per heavy atom. The van der Waals surface area contributed by atoms with E-state index >= 15 is 0 Å². The fourth-order valence-corrected chi connectivity index (χ4v) is 4.19. The van der Waals surface area contributed by atoms with Gasteiger partial charge in [-0.2, -0.15) is 0 Å². The van der Waals surface area contributed by atoms with Crippen LogP contribution in [0.1, 0.15) is 10.9 Å². The van der Waals surface area contributed by atoms with Crippen molar-refractivity contribution >= 4 is 82.3 Å². The summed E-state index contributed by atoms with van der Waals surface area (Å²) >= 11 is 17.5. The molecule has 8 heteroatoms. The quantitative estimate of drug-likeness (QED) is 0.593. The molecule has 1 unspecified atom stereocenters. The highest BCUT2D eigenvalue weighted by Gasteiger charge is 2.21. The van der Waals surface area contributed by atoms with Crippen LogP contribution in [0, 0.1) is 0 Å². The van der Waals surface area contributed by atoms with Gasteiger partial charge in [0.2, 0.25) is 5.91 Å². The molecule has 0 saturated carbocycles. The Labute approximate surface area is 150 Å². The van der Waals surface area contributed by atoms with Gasteiger partial charge in [0.15, 0.2) is 0 Å². The molecule has 0 bridgehead atoms. The van der Waals surface area contributed by atoms with Gasteiger partial charge in [0, 0.05) is 19.5 Å². The van der Waals surface area contributed by atoms with Gasteiger partial charge in [-0.15, -0.1) is 11.3 Å². The molecule has 3 nitrogen and oxygen atoms in total. The molecule has 3 N–H and O–H groups in total. The molecule has 0 aliphatic heterocycles. The summed E-state index contributed by atoms with van der Waals surface area (Å²) in [5.41, 5.74) is 6.24. The van der Waals surface area contributed by atoms with Gasteiger partial charge >= 0.3 is 0 Å². The maximum Gasteiger partial charge on any atom is 0.245 e. The fourth-order valence-electron chi connectivity index (χ4n) is 1.54. The minimum atomic E-state index is -0.601. The number of primary amides is 1. The zero-order valence-electron chi connectivity index (χ0n) is 9.79. The number of hydrogen-bond acceptors (Lipinski definition) is 3. The standard InChI is InChI=1S/C12H8Br3ClN2OS/c13-6-3-5(1-2-8(6)16)18-10(12(17)19)9-4-7(14)11(15)20-9/h1-4,10,18H,(H2,17,19). The topological polar surface area (TPSA) is 55.1 Å². The minimum absolute atomic E-state index is 0.447. The summed E-state index contributed by atoms with van der Waals surface area (Å²) in [6, 6.07) is 6.60. The van der Waals surface area contributed by atoms with E-state index in [4.69, 9.17) is 17.3 Å². The van der Waals surface area contributed by atoms with E-state index in [-0.39, 0.29) is 0 Å². The van der Waals surface area contributed by atoms with Crippen LogP contribution in [-0.2, 0) is 4.79 Å². The lowest BCUT2D eigenvalue weighted by Crippen LogP contribution is -2.27. The first-order chi connectivity index (χ1) is 9.38. The van der Waals surface area contributed by atoms with Crippen LogP contribution in [0.2, 0.25) is 5.02 Å². The van der Waals surface area contributed by atoms with Crippen LogP contribution in [0.5, 0.6) is 0 Å². The molecule has 0 fully saturated rings. The third-order valence-electron chi connectivity index (χ3n) is 2.46. The lowest BCUT2D eigenvalue weighted by molar-refractivity contribution is -0.118. The van der Waals surface area contributed by atoms with Gasteiger partial charge in [-0.1, -0.05) is 11.6 Å². The molecule has 0 radical (unpaired) electrons. The molecular formula is C12H8Br3ClN2OS. The van der Waals surface area contributed by atoms with Crippen molar-refractivity contribution in [2.24, 2.45) is 5.73 Å². The van der Waals surface area contributed by atoms with Crippen molar-refractivity contribution in [1.82, 2.24) is 0 Å². The molecule has 1 aromatic heterocycles. The Morgan fingerprint density at radius 1 is 1.25 bits per heavy atom. The predicted molar refractivity (Wildman–Crippen MR) is 94.4 cm³/mol. The van der Waals surface area contributed by atoms with Gasteiger partial charge in [-0.05, 0) is 72.1 Å². The number of nitrogens with one attached hydrogen (secondary N) is 1. The third kappa shape index (κ3) is 3.76. The van der Waals surface area contributed by atoms with E-state index in [1.165, 1.54) is 11.3 Å². The first-order valence-electron chi connectivity index (χ1n) is 5.34. The van der Waals surface area contributed by atoms with Crippen LogP contribution in [-0.4, -0.2) is 5.91 Å². The van der Waals surface area contributed by atoms with Crippen molar-refractivity contribution in [3.8, 4) is 0 Å². The number of hydrogen-bond donors (Lipinski definition) is 2. The maximum absolute atomic E-state index is 11.7. The van der Waals surface area contributed by atoms with Crippen molar-refractivity contribution in [2.75, 3.05) is 5.32 Å². The molecule has 20 heavy (non-hydrogen) atoms. The lowest BCUT2D eigenvalue weighted by atomic mass is 10.2. The van der Waals surface area contributed by atoms with Crippen LogP contribution in [0.3, 0.4) is 0 Å². The molecule has 0 aliphatic rings. The molecule has 2 aromatic rings. The SMILES string of the molecule is NC(=O)C(Nc1ccc(Cl)c(Br)c1)c1cc(Br)c(Br)s1. The zero-order chi connectivity index (χ0) is 14.9. The number of anilines is 1. The van der Waals surface area contributed by atoms with E-state index in [0.29, 0.717) is 5.02 Å². The number of amides is 1. The first-order valence-corrected chi connectivity index (χ1v) is 8.91. The van der Waals surface area contributed by atoms with Crippen molar-refractivity contribution in [3.05, 3.63) is 46.9 Å². The smallest absolute Gasteiger partial charge is 0.245 e. The molecule has 1 atom stereocenters. The Morgan fingerprint density at radius 3 is 2.45 bits per heavy atom. The second-order valence-electron chi connectivity index (χ2n) is 3.88. The number of thiophene rings is 1. The fraction of sp³-hybridized carbons (Fsp3) is 0.0833. The number of rotatable bonds is 4. The summed E-state index contributed by atoms with van der Waals surface area (Å²) < 4.78 is 2.56. The highest BCUT2D eigenvalue weighted by molar-refractivity contribution is 9.13. The van der Waals surface area contributed by atoms with E-state index in [1.807, 2.05) is 6.07 Å². The monoisotopic (exact) mass is 500 g/mol. The van der Waals surface area contributed by atoms with Crippen LogP contribution in [0.25, 0.3) is 0 Å². The Balaban J connectivity index is 2.30. The van der Waals surface area contributed by atoms with Crippen LogP contribution < -0.4 is 11.1 Å². The molecule has 1 aromatic carbocycles. The van der Waals surface area contributed by atoms with Crippen molar-refractivity contribution in [3.63, 3.8) is 0 Å². The lowest BCUT2D eigenvalue weighted by Gasteiger charge is -2.15. The second-order valence-corrected chi connectivity index (χ2v) is 8.40. The summed E-state index contributed by atoms with van der Waals surface area (Å²) in [6.45, 7) is 0. The largest absolute Gasteiger partial charge is 0.369 e.